The third kappa shape index (κ3) is 1.22. The van der Waals surface area contributed by atoms with Gasteiger partial charge in [-0.15, -0.1) is 0 Å². The molecule has 0 fully saturated rings. The van der Waals surface area contributed by atoms with Gasteiger partial charge in [0.05, 0.1) is 30.8 Å². The highest BCUT2D eigenvalue weighted by Crippen LogP contribution is 2.26. The van der Waals surface area contributed by atoms with Crippen LogP contribution in [0, 0.1) is 0 Å². The number of ether oxygens (including phenoxy) is 1. The van der Waals surface area contributed by atoms with Gasteiger partial charge in [0.1, 0.15) is 11.6 Å². The Morgan fingerprint density at radius 3 is 3.20 bits per heavy atom. The topological polar surface area (TPSA) is 47.3 Å². The van der Waals surface area contributed by atoms with E-state index in [1.54, 1.807) is 7.11 Å². The molecule has 2 aromatic rings. The highest BCUT2D eigenvalue weighted by Gasteiger charge is 2.22. The van der Waals surface area contributed by atoms with Crippen LogP contribution in [0.4, 0.5) is 0 Å². The van der Waals surface area contributed by atoms with E-state index in [-0.39, 0.29) is 6.10 Å². The molecular formula is C11H12N2O2. The maximum atomic E-state index is 9.53. The first-order valence-corrected chi connectivity index (χ1v) is 4.99. The SMILES string of the molecule is COc1ccc2nc3n(c2c1)CC(O)C3. The largest absolute Gasteiger partial charge is 0.497 e. The van der Waals surface area contributed by atoms with Gasteiger partial charge >= 0.3 is 0 Å². The van der Waals surface area contributed by atoms with Gasteiger partial charge in [-0.1, -0.05) is 0 Å². The average Bonchev–Trinajstić information content (AvgIpc) is 2.73. The number of aliphatic hydroxyl groups excluding tert-OH is 1. The van der Waals surface area contributed by atoms with Crippen molar-refractivity contribution in [3.05, 3.63) is 24.0 Å². The molecule has 0 amide bonds. The van der Waals surface area contributed by atoms with E-state index in [1.807, 2.05) is 18.2 Å². The number of methoxy groups -OCH3 is 1. The van der Waals surface area contributed by atoms with Crippen molar-refractivity contribution in [1.29, 1.82) is 0 Å². The van der Waals surface area contributed by atoms with Gasteiger partial charge < -0.3 is 14.4 Å². The second-order valence-corrected chi connectivity index (χ2v) is 3.85. The number of rotatable bonds is 1. The summed E-state index contributed by atoms with van der Waals surface area (Å²) in [5.41, 5.74) is 2.01. The lowest BCUT2D eigenvalue weighted by Crippen LogP contribution is -2.07. The summed E-state index contributed by atoms with van der Waals surface area (Å²) >= 11 is 0. The van der Waals surface area contributed by atoms with Gasteiger partial charge in [0.25, 0.3) is 0 Å². The number of imidazole rings is 1. The van der Waals surface area contributed by atoms with Crippen LogP contribution in [0.2, 0.25) is 0 Å². The van der Waals surface area contributed by atoms with Gasteiger partial charge in [0, 0.05) is 12.5 Å². The van der Waals surface area contributed by atoms with E-state index in [9.17, 15) is 5.11 Å². The van der Waals surface area contributed by atoms with Gasteiger partial charge in [-0.05, 0) is 12.1 Å². The molecule has 4 heteroatoms. The fraction of sp³-hybridized carbons (Fsp3) is 0.364. The molecule has 0 spiro atoms. The summed E-state index contributed by atoms with van der Waals surface area (Å²) < 4.78 is 7.23. The molecule has 0 radical (unpaired) electrons. The van der Waals surface area contributed by atoms with Gasteiger partial charge in [0.2, 0.25) is 0 Å². The van der Waals surface area contributed by atoms with E-state index < -0.39 is 0 Å². The van der Waals surface area contributed by atoms with Crippen molar-refractivity contribution in [1.82, 2.24) is 9.55 Å². The summed E-state index contributed by atoms with van der Waals surface area (Å²) in [6.07, 6.45) is 0.361. The van der Waals surface area contributed by atoms with Gasteiger partial charge in [0.15, 0.2) is 0 Å². The molecule has 0 saturated carbocycles. The maximum absolute atomic E-state index is 9.53. The molecule has 1 aromatic carbocycles. The van der Waals surface area contributed by atoms with Crippen molar-refractivity contribution in [3.63, 3.8) is 0 Å². The van der Waals surface area contributed by atoms with E-state index >= 15 is 0 Å². The lowest BCUT2D eigenvalue weighted by molar-refractivity contribution is 0.176. The Bertz CT molecular complexity index is 519. The zero-order valence-corrected chi connectivity index (χ0v) is 8.47. The molecule has 1 atom stereocenters. The Labute approximate surface area is 87.1 Å². The zero-order valence-electron chi connectivity index (χ0n) is 8.47. The van der Waals surface area contributed by atoms with E-state index in [1.165, 1.54) is 0 Å². The molecular weight excluding hydrogens is 192 g/mol. The molecule has 78 valence electrons. The summed E-state index contributed by atoms with van der Waals surface area (Å²) in [5.74, 6) is 1.79. The number of aromatic nitrogens is 2. The average molecular weight is 204 g/mol. The Balaban J connectivity index is 2.22. The molecule has 0 saturated heterocycles. The van der Waals surface area contributed by atoms with Crippen LogP contribution in [0.1, 0.15) is 5.82 Å². The van der Waals surface area contributed by atoms with Crippen molar-refractivity contribution in [3.8, 4) is 5.75 Å². The minimum Gasteiger partial charge on any atom is -0.497 e. The minimum absolute atomic E-state index is 0.289. The fourth-order valence-corrected chi connectivity index (χ4v) is 2.12. The number of aliphatic hydroxyl groups is 1. The third-order valence-corrected chi connectivity index (χ3v) is 2.85. The second-order valence-electron chi connectivity index (χ2n) is 3.85. The van der Waals surface area contributed by atoms with Crippen LogP contribution in [0.15, 0.2) is 18.2 Å². The monoisotopic (exact) mass is 204 g/mol. The highest BCUT2D eigenvalue weighted by atomic mass is 16.5. The zero-order chi connectivity index (χ0) is 10.4. The molecule has 1 unspecified atom stereocenters. The predicted molar refractivity (Wildman–Crippen MR) is 56.0 cm³/mol. The van der Waals surface area contributed by atoms with Crippen molar-refractivity contribution >= 4 is 11.0 Å². The van der Waals surface area contributed by atoms with Gasteiger partial charge in [-0.2, -0.15) is 0 Å². The second kappa shape index (κ2) is 2.97. The van der Waals surface area contributed by atoms with Gasteiger partial charge in [-0.3, -0.25) is 0 Å². The van der Waals surface area contributed by atoms with Crippen LogP contribution >= 0.6 is 0 Å². The molecule has 1 N–H and O–H groups in total. The van der Waals surface area contributed by atoms with Crippen LogP contribution in [0.25, 0.3) is 11.0 Å². The first-order valence-electron chi connectivity index (χ1n) is 4.99. The van der Waals surface area contributed by atoms with Crippen molar-refractivity contribution in [2.75, 3.05) is 7.11 Å². The number of hydrogen-bond acceptors (Lipinski definition) is 3. The highest BCUT2D eigenvalue weighted by molar-refractivity contribution is 5.78. The summed E-state index contributed by atoms with van der Waals surface area (Å²) in [7, 11) is 1.65. The van der Waals surface area contributed by atoms with Crippen molar-refractivity contribution in [2.24, 2.45) is 0 Å². The summed E-state index contributed by atoms with van der Waals surface area (Å²) in [6.45, 7) is 0.638. The van der Waals surface area contributed by atoms with Crippen LogP contribution in [0.3, 0.4) is 0 Å². The predicted octanol–water partition coefficient (Wildman–Crippen LogP) is 0.962. The third-order valence-electron chi connectivity index (χ3n) is 2.85. The Kier molecular flexibility index (Phi) is 1.73. The van der Waals surface area contributed by atoms with E-state index in [0.29, 0.717) is 13.0 Å². The number of benzene rings is 1. The number of fused-ring (bicyclic) bond motifs is 3. The van der Waals surface area contributed by atoms with Crippen LogP contribution < -0.4 is 4.74 Å². The first-order chi connectivity index (χ1) is 7.28. The number of nitrogens with zero attached hydrogens (tertiary/aromatic N) is 2. The fourth-order valence-electron chi connectivity index (χ4n) is 2.12. The maximum Gasteiger partial charge on any atom is 0.121 e. The number of hydrogen-bond donors (Lipinski definition) is 1. The lowest BCUT2D eigenvalue weighted by Gasteiger charge is -2.03. The van der Waals surface area contributed by atoms with E-state index in [0.717, 1.165) is 22.6 Å². The van der Waals surface area contributed by atoms with E-state index in [4.69, 9.17) is 4.74 Å². The van der Waals surface area contributed by atoms with Crippen LogP contribution in [0.5, 0.6) is 5.75 Å². The first kappa shape index (κ1) is 8.73. The summed E-state index contributed by atoms with van der Waals surface area (Å²) in [4.78, 5) is 4.47. The normalized spacial score (nSPS) is 19.5. The summed E-state index contributed by atoms with van der Waals surface area (Å²) in [5, 5.41) is 9.53. The molecule has 1 aromatic heterocycles. The lowest BCUT2D eigenvalue weighted by atomic mass is 10.3. The minimum atomic E-state index is -0.289. The van der Waals surface area contributed by atoms with Crippen molar-refractivity contribution in [2.45, 2.75) is 19.1 Å². The Morgan fingerprint density at radius 2 is 2.40 bits per heavy atom. The van der Waals surface area contributed by atoms with Crippen molar-refractivity contribution < 1.29 is 9.84 Å². The molecule has 4 nitrogen and oxygen atoms in total. The van der Waals surface area contributed by atoms with Crippen LogP contribution in [-0.2, 0) is 13.0 Å². The standard InChI is InChI=1S/C11H12N2O2/c1-15-8-2-3-9-10(5-8)13-6-7(14)4-11(13)12-9/h2-3,5,7,14H,4,6H2,1H3. The molecule has 1 aliphatic rings. The quantitative estimate of drug-likeness (QED) is 0.752. The molecule has 0 aliphatic carbocycles. The Hall–Kier alpha value is -1.55. The molecule has 1 aliphatic heterocycles. The summed E-state index contributed by atoms with van der Waals surface area (Å²) in [6, 6.07) is 5.82. The Morgan fingerprint density at radius 1 is 1.53 bits per heavy atom. The molecule has 0 bridgehead atoms. The molecule has 2 heterocycles. The van der Waals surface area contributed by atoms with Crippen LogP contribution in [-0.4, -0.2) is 27.9 Å². The molecule has 3 rings (SSSR count). The van der Waals surface area contributed by atoms with Gasteiger partial charge in [-0.25, -0.2) is 4.98 Å². The van der Waals surface area contributed by atoms with E-state index in [2.05, 4.69) is 9.55 Å². The smallest absolute Gasteiger partial charge is 0.121 e. The molecule has 15 heavy (non-hydrogen) atoms.